The molecule has 2 unspecified atom stereocenters. The first-order valence-corrected chi connectivity index (χ1v) is 46.6. The predicted molar refractivity (Wildman–Crippen MR) is 423 cm³/mol. The van der Waals surface area contributed by atoms with Crippen molar-refractivity contribution in [3.63, 3.8) is 0 Å². The minimum absolute atomic E-state index is 0.109. The fraction of sp³-hybridized carbons (Fsp3) is 0.952. The summed E-state index contributed by atoms with van der Waals surface area (Å²) in [6, 6.07) is 0. The molecule has 0 aromatic rings. The summed E-state index contributed by atoms with van der Waals surface area (Å²) in [7, 11) is -9.92. The fourth-order valence-corrected chi connectivity index (χ4v) is 14.7. The normalized spacial score (nSPS) is 13.8. The van der Waals surface area contributed by atoms with Gasteiger partial charge in [0.2, 0.25) is 0 Å². The molecule has 0 aromatic heterocycles. The minimum Gasteiger partial charge on any atom is -0.462 e. The van der Waals surface area contributed by atoms with Gasteiger partial charge < -0.3 is 33.8 Å². The van der Waals surface area contributed by atoms with Crippen LogP contribution in [0.5, 0.6) is 0 Å². The van der Waals surface area contributed by atoms with E-state index in [1.165, 1.54) is 276 Å². The van der Waals surface area contributed by atoms with Crippen LogP contribution in [0.2, 0.25) is 0 Å². The standard InChI is InChI=1S/C84H164O17P2/c1-6-9-12-15-18-21-24-26-28-31-35-39-43-48-53-58-63-68-82(87)95-74-80(101-84(89)70-65-60-55-50-45-40-36-33-30-29-32-34-37-42-46-51-56-61-66-77(4)5)76-99-103(92,93)97-72-78(85)71-96-102(90,91)98-75-79(73-94-81(86)67-62-57-52-47-41-23-20-17-14-11-8-3)100-83(88)69-64-59-54-49-44-38-27-25-22-19-16-13-10-7-2/h77-80,85H,6-76H2,1-5H3,(H,90,91)(H,92,93)/t78-,79+,80+/m0/s1. The summed E-state index contributed by atoms with van der Waals surface area (Å²) in [6.45, 7) is 7.39. The molecular formula is C84H164O17P2. The van der Waals surface area contributed by atoms with Gasteiger partial charge in [-0.25, -0.2) is 9.13 Å². The number of rotatable bonds is 84. The largest absolute Gasteiger partial charge is 0.472 e. The monoisotopic (exact) mass is 1510 g/mol. The lowest BCUT2D eigenvalue weighted by atomic mass is 10.0. The second kappa shape index (κ2) is 76.8. The second-order valence-corrected chi connectivity index (χ2v) is 33.6. The van der Waals surface area contributed by atoms with E-state index < -0.39 is 97.5 Å². The first kappa shape index (κ1) is 101. The number of phosphoric ester groups is 2. The van der Waals surface area contributed by atoms with Gasteiger partial charge >= 0.3 is 39.5 Å². The van der Waals surface area contributed by atoms with Gasteiger partial charge in [0.25, 0.3) is 0 Å². The highest BCUT2D eigenvalue weighted by Crippen LogP contribution is 2.45. The van der Waals surface area contributed by atoms with Crippen LogP contribution in [-0.4, -0.2) is 96.7 Å². The van der Waals surface area contributed by atoms with E-state index in [-0.39, 0.29) is 25.7 Å². The van der Waals surface area contributed by atoms with E-state index in [2.05, 4.69) is 34.6 Å². The van der Waals surface area contributed by atoms with Crippen LogP contribution in [0, 0.1) is 5.92 Å². The van der Waals surface area contributed by atoms with Crippen molar-refractivity contribution in [2.75, 3.05) is 39.6 Å². The van der Waals surface area contributed by atoms with Crippen molar-refractivity contribution in [2.45, 2.75) is 470 Å². The van der Waals surface area contributed by atoms with Gasteiger partial charge in [0, 0.05) is 25.7 Å². The number of aliphatic hydroxyl groups is 1. The average Bonchev–Trinajstić information content (AvgIpc) is 0.934. The molecule has 0 fully saturated rings. The number of esters is 4. The van der Waals surface area contributed by atoms with Gasteiger partial charge in [0.05, 0.1) is 26.4 Å². The Kier molecular flexibility index (Phi) is 75.4. The molecule has 0 aliphatic carbocycles. The molecule has 103 heavy (non-hydrogen) atoms. The number of hydrogen-bond donors (Lipinski definition) is 3. The van der Waals surface area contributed by atoms with Crippen molar-refractivity contribution in [3.8, 4) is 0 Å². The van der Waals surface area contributed by atoms with Crippen molar-refractivity contribution in [3.05, 3.63) is 0 Å². The molecule has 0 heterocycles. The highest BCUT2D eigenvalue weighted by molar-refractivity contribution is 7.47. The van der Waals surface area contributed by atoms with E-state index in [0.717, 1.165) is 95.8 Å². The maximum Gasteiger partial charge on any atom is 0.472 e. The van der Waals surface area contributed by atoms with Crippen molar-refractivity contribution < 1.29 is 80.2 Å². The molecule has 3 N–H and O–H groups in total. The molecule has 5 atom stereocenters. The van der Waals surface area contributed by atoms with Gasteiger partial charge in [-0.2, -0.15) is 0 Å². The Balaban J connectivity index is 5.23. The van der Waals surface area contributed by atoms with Gasteiger partial charge in [0.1, 0.15) is 19.3 Å². The third-order valence-corrected chi connectivity index (χ3v) is 21.7. The third-order valence-electron chi connectivity index (χ3n) is 19.8. The molecule has 0 aliphatic rings. The van der Waals surface area contributed by atoms with E-state index in [9.17, 15) is 43.2 Å². The molecule has 0 saturated carbocycles. The Morgan fingerprint density at radius 1 is 0.262 bits per heavy atom. The Bertz CT molecular complexity index is 1960. The minimum atomic E-state index is -4.96. The molecular weight excluding hydrogens is 1340 g/mol. The van der Waals surface area contributed by atoms with E-state index in [1.807, 2.05) is 0 Å². The van der Waals surface area contributed by atoms with Gasteiger partial charge in [-0.15, -0.1) is 0 Å². The molecule has 0 radical (unpaired) electrons. The summed E-state index contributed by atoms with van der Waals surface area (Å²) in [5, 5.41) is 10.7. The highest BCUT2D eigenvalue weighted by Gasteiger charge is 2.30. The van der Waals surface area contributed by atoms with E-state index in [4.69, 9.17) is 37.0 Å². The third kappa shape index (κ3) is 78.0. The highest BCUT2D eigenvalue weighted by atomic mass is 31.2. The number of unbranched alkanes of at least 4 members (excludes halogenated alkanes) is 56. The first-order valence-electron chi connectivity index (χ1n) is 43.6. The molecule has 0 aromatic carbocycles. The molecule has 19 heteroatoms. The van der Waals surface area contributed by atoms with Gasteiger partial charge in [-0.3, -0.25) is 37.3 Å². The van der Waals surface area contributed by atoms with E-state index in [1.54, 1.807) is 0 Å². The van der Waals surface area contributed by atoms with Crippen LogP contribution < -0.4 is 0 Å². The Labute approximate surface area is 632 Å². The van der Waals surface area contributed by atoms with Crippen molar-refractivity contribution in [1.29, 1.82) is 0 Å². The zero-order valence-corrected chi connectivity index (χ0v) is 69.3. The molecule has 612 valence electrons. The predicted octanol–water partition coefficient (Wildman–Crippen LogP) is 25.6. The Morgan fingerprint density at radius 2 is 0.447 bits per heavy atom. The molecule has 0 rings (SSSR count). The number of phosphoric acid groups is 2. The van der Waals surface area contributed by atoms with Crippen LogP contribution in [0.4, 0.5) is 0 Å². The fourth-order valence-electron chi connectivity index (χ4n) is 13.1. The number of carbonyl (C=O) groups is 4. The van der Waals surface area contributed by atoms with E-state index >= 15 is 0 Å². The number of hydrogen-bond acceptors (Lipinski definition) is 15. The quantitative estimate of drug-likeness (QED) is 0.0222. The van der Waals surface area contributed by atoms with Crippen LogP contribution in [-0.2, 0) is 65.4 Å². The molecule has 0 amide bonds. The molecule has 0 aliphatic heterocycles. The second-order valence-electron chi connectivity index (χ2n) is 30.7. The number of carbonyl (C=O) groups excluding carboxylic acids is 4. The van der Waals surface area contributed by atoms with Crippen LogP contribution >= 0.6 is 15.6 Å². The lowest BCUT2D eigenvalue weighted by Gasteiger charge is -2.21. The van der Waals surface area contributed by atoms with Crippen LogP contribution in [0.1, 0.15) is 452 Å². The van der Waals surface area contributed by atoms with E-state index in [0.29, 0.717) is 25.7 Å². The zero-order chi connectivity index (χ0) is 75.5. The van der Waals surface area contributed by atoms with Gasteiger partial charge in [-0.1, -0.05) is 401 Å². The van der Waals surface area contributed by atoms with Crippen LogP contribution in [0.15, 0.2) is 0 Å². The molecule has 17 nitrogen and oxygen atoms in total. The summed E-state index contributed by atoms with van der Waals surface area (Å²) < 4.78 is 68.8. The molecule has 0 bridgehead atoms. The Morgan fingerprint density at radius 3 is 0.660 bits per heavy atom. The smallest absolute Gasteiger partial charge is 0.462 e. The topological polar surface area (TPSA) is 237 Å². The summed E-state index contributed by atoms with van der Waals surface area (Å²) in [4.78, 5) is 73.1. The average molecular weight is 1510 g/mol. The lowest BCUT2D eigenvalue weighted by molar-refractivity contribution is -0.161. The molecule has 0 saturated heterocycles. The summed E-state index contributed by atoms with van der Waals surface area (Å²) in [5.74, 6) is -1.28. The summed E-state index contributed by atoms with van der Waals surface area (Å²) in [6.07, 6.45) is 69.3. The van der Waals surface area contributed by atoms with Crippen molar-refractivity contribution in [1.82, 2.24) is 0 Å². The van der Waals surface area contributed by atoms with Crippen LogP contribution in [0.3, 0.4) is 0 Å². The van der Waals surface area contributed by atoms with Gasteiger partial charge in [0.15, 0.2) is 12.2 Å². The zero-order valence-electron chi connectivity index (χ0n) is 67.5. The van der Waals surface area contributed by atoms with Crippen molar-refractivity contribution in [2.24, 2.45) is 5.92 Å². The summed E-state index contributed by atoms with van der Waals surface area (Å²) >= 11 is 0. The summed E-state index contributed by atoms with van der Waals surface area (Å²) in [5.41, 5.74) is 0. The molecule has 0 spiro atoms. The number of aliphatic hydroxyl groups excluding tert-OH is 1. The maximum atomic E-state index is 13.1. The lowest BCUT2D eigenvalue weighted by Crippen LogP contribution is -2.30. The van der Waals surface area contributed by atoms with Crippen molar-refractivity contribution >= 4 is 39.5 Å². The number of ether oxygens (including phenoxy) is 4. The first-order chi connectivity index (χ1) is 50.0. The van der Waals surface area contributed by atoms with Crippen LogP contribution in [0.25, 0.3) is 0 Å². The Hall–Kier alpha value is -1.94. The SMILES string of the molecule is CCCCCCCCCCCCCCCCCCCC(=O)OC[C@H](COP(=O)(O)OC[C@@H](O)COP(=O)(O)OC[C@@H](COC(=O)CCCCCCCCCCCCC)OC(=O)CCCCCCCCCCCCCCCC)OC(=O)CCCCCCCCCCCCCCCCCCCCC(C)C. The maximum absolute atomic E-state index is 13.1. The van der Waals surface area contributed by atoms with Gasteiger partial charge in [-0.05, 0) is 31.6 Å².